The average Bonchev–Trinajstić information content (AvgIpc) is 2.78. The van der Waals surface area contributed by atoms with E-state index in [-0.39, 0.29) is 5.41 Å². The third-order valence-corrected chi connectivity index (χ3v) is 4.37. The van der Waals surface area contributed by atoms with Gasteiger partial charge in [0.05, 0.1) is 14.1 Å². The van der Waals surface area contributed by atoms with Gasteiger partial charge in [0.15, 0.2) is 0 Å². The van der Waals surface area contributed by atoms with Crippen molar-refractivity contribution < 1.29 is 4.59 Å². The molecule has 1 aliphatic heterocycles. The minimum absolute atomic E-state index is 0.226. The summed E-state index contributed by atoms with van der Waals surface area (Å²) in [5, 5.41) is 4.47. The zero-order valence-electron chi connectivity index (χ0n) is 15.8. The first-order valence-electron chi connectivity index (χ1n) is 8.49. The fourth-order valence-corrected chi connectivity index (χ4v) is 2.98. The lowest BCUT2D eigenvalue weighted by molar-refractivity contribution is -0.843. The summed E-state index contributed by atoms with van der Waals surface area (Å²) in [5.41, 5.74) is 4.26. The van der Waals surface area contributed by atoms with Crippen LogP contribution in [0.1, 0.15) is 38.8 Å². The number of nitrogens with zero attached hydrogens (tertiary/aromatic N) is 3. The predicted octanol–water partition coefficient (Wildman–Crippen LogP) is 4.01. The van der Waals surface area contributed by atoms with Crippen LogP contribution >= 0.6 is 0 Å². The van der Waals surface area contributed by atoms with E-state index >= 15 is 0 Å². The number of quaternary nitrogens is 1. The van der Waals surface area contributed by atoms with Crippen molar-refractivity contribution in [2.75, 3.05) is 27.7 Å². The SMILES string of the molecule is CC(Cc1ccc(C(C)(C)C)cc1)CN(C)C1=C[N+](C)(C)N=C1. The standard InChI is InChI=1S/C20H32N3/c1-16(14-22(5)19-13-21-23(6,7)15-19)12-17-8-10-18(11-9-17)20(2,3)4/h8-11,13,15-16H,12,14H2,1-7H3/q+1. The molecule has 3 heteroatoms. The van der Waals surface area contributed by atoms with Crippen LogP contribution in [0.3, 0.4) is 0 Å². The molecule has 0 radical (unpaired) electrons. The van der Waals surface area contributed by atoms with E-state index in [9.17, 15) is 0 Å². The van der Waals surface area contributed by atoms with E-state index in [0.29, 0.717) is 10.5 Å². The number of rotatable bonds is 5. The van der Waals surface area contributed by atoms with Gasteiger partial charge in [-0.2, -0.15) is 4.59 Å². The van der Waals surface area contributed by atoms with Crippen molar-refractivity contribution in [3.8, 4) is 0 Å². The molecule has 1 unspecified atom stereocenters. The van der Waals surface area contributed by atoms with Crippen LogP contribution in [0.15, 0.2) is 41.3 Å². The molecule has 1 atom stereocenters. The highest BCUT2D eigenvalue weighted by Crippen LogP contribution is 2.23. The van der Waals surface area contributed by atoms with Gasteiger partial charge in [-0.3, -0.25) is 0 Å². The van der Waals surface area contributed by atoms with E-state index in [1.807, 2.05) is 6.21 Å². The fraction of sp³-hybridized carbons (Fsp3) is 0.550. The molecule has 0 bridgehead atoms. The van der Waals surface area contributed by atoms with E-state index in [2.05, 4.69) is 89.3 Å². The normalized spacial score (nSPS) is 18.0. The highest BCUT2D eigenvalue weighted by atomic mass is 15.6. The van der Waals surface area contributed by atoms with Gasteiger partial charge in [0.2, 0.25) is 0 Å². The maximum absolute atomic E-state index is 4.47. The van der Waals surface area contributed by atoms with Gasteiger partial charge in [-0.15, -0.1) is 0 Å². The second kappa shape index (κ2) is 6.48. The van der Waals surface area contributed by atoms with E-state index < -0.39 is 0 Å². The van der Waals surface area contributed by atoms with E-state index in [4.69, 9.17) is 0 Å². The van der Waals surface area contributed by atoms with Crippen LogP contribution in [0.2, 0.25) is 0 Å². The molecule has 1 aromatic rings. The summed E-state index contributed by atoms with van der Waals surface area (Å²) >= 11 is 0. The topological polar surface area (TPSA) is 15.6 Å². The van der Waals surface area contributed by atoms with Gasteiger partial charge in [-0.05, 0) is 28.9 Å². The summed E-state index contributed by atoms with van der Waals surface area (Å²) < 4.78 is 0.586. The molecule has 0 aliphatic carbocycles. The van der Waals surface area contributed by atoms with Crippen molar-refractivity contribution in [1.29, 1.82) is 0 Å². The summed E-state index contributed by atoms with van der Waals surface area (Å²) in [7, 11) is 6.32. The van der Waals surface area contributed by atoms with Crippen LogP contribution in [-0.4, -0.2) is 43.4 Å². The highest BCUT2D eigenvalue weighted by Gasteiger charge is 2.22. The molecule has 0 spiro atoms. The lowest BCUT2D eigenvalue weighted by Gasteiger charge is -2.23. The molecule has 0 N–H and O–H groups in total. The van der Waals surface area contributed by atoms with Crippen molar-refractivity contribution >= 4 is 6.21 Å². The minimum Gasteiger partial charge on any atom is -0.369 e. The van der Waals surface area contributed by atoms with Crippen LogP contribution < -0.4 is 0 Å². The molecule has 23 heavy (non-hydrogen) atoms. The Labute approximate surface area is 141 Å². The first kappa shape index (κ1) is 17.7. The minimum atomic E-state index is 0.226. The summed E-state index contributed by atoms with van der Waals surface area (Å²) in [6.45, 7) is 10.1. The largest absolute Gasteiger partial charge is 0.369 e. The molecule has 1 aliphatic rings. The number of hydrogen-bond donors (Lipinski definition) is 0. The van der Waals surface area contributed by atoms with Crippen molar-refractivity contribution in [3.63, 3.8) is 0 Å². The van der Waals surface area contributed by atoms with Crippen LogP contribution in [0, 0.1) is 5.92 Å². The summed E-state index contributed by atoms with van der Waals surface area (Å²) in [6, 6.07) is 9.12. The smallest absolute Gasteiger partial charge is 0.147 e. The van der Waals surface area contributed by atoms with Crippen LogP contribution in [0.4, 0.5) is 0 Å². The van der Waals surface area contributed by atoms with Gasteiger partial charge in [-0.25, -0.2) is 0 Å². The average molecular weight is 314 g/mol. The van der Waals surface area contributed by atoms with Crippen molar-refractivity contribution in [2.24, 2.45) is 11.0 Å². The third-order valence-electron chi connectivity index (χ3n) is 4.37. The summed E-state index contributed by atoms with van der Waals surface area (Å²) in [5.74, 6) is 0.603. The molecular weight excluding hydrogens is 282 g/mol. The zero-order chi connectivity index (χ0) is 17.3. The molecule has 0 saturated heterocycles. The Hall–Kier alpha value is -1.61. The van der Waals surface area contributed by atoms with E-state index in [1.165, 1.54) is 16.8 Å². The van der Waals surface area contributed by atoms with Crippen molar-refractivity contribution in [1.82, 2.24) is 4.90 Å². The predicted molar refractivity (Wildman–Crippen MR) is 99.3 cm³/mol. The first-order valence-corrected chi connectivity index (χ1v) is 8.49. The summed E-state index contributed by atoms with van der Waals surface area (Å²) in [4.78, 5) is 2.31. The molecule has 1 aromatic carbocycles. The van der Waals surface area contributed by atoms with Gasteiger partial charge in [-0.1, -0.05) is 57.1 Å². The van der Waals surface area contributed by atoms with Gasteiger partial charge in [0, 0.05) is 13.6 Å². The lowest BCUT2D eigenvalue weighted by Crippen LogP contribution is -2.27. The van der Waals surface area contributed by atoms with E-state index in [1.54, 1.807) is 0 Å². The Kier molecular flexibility index (Phi) is 5.00. The molecule has 0 amide bonds. The first-order chi connectivity index (χ1) is 10.6. The Balaban J connectivity index is 1.92. The van der Waals surface area contributed by atoms with Crippen molar-refractivity contribution in [2.45, 2.75) is 39.5 Å². The van der Waals surface area contributed by atoms with Crippen LogP contribution in [-0.2, 0) is 11.8 Å². The van der Waals surface area contributed by atoms with Gasteiger partial charge >= 0.3 is 0 Å². The van der Waals surface area contributed by atoms with Gasteiger partial charge in [0.1, 0.15) is 18.1 Å². The van der Waals surface area contributed by atoms with Gasteiger partial charge < -0.3 is 4.90 Å². The van der Waals surface area contributed by atoms with E-state index in [0.717, 1.165) is 13.0 Å². The monoisotopic (exact) mass is 314 g/mol. The lowest BCUT2D eigenvalue weighted by atomic mass is 9.86. The Morgan fingerprint density at radius 1 is 1.13 bits per heavy atom. The molecular formula is C20H32N3+. The number of benzene rings is 1. The zero-order valence-corrected chi connectivity index (χ0v) is 15.8. The Morgan fingerprint density at radius 2 is 1.74 bits per heavy atom. The molecule has 126 valence electrons. The maximum Gasteiger partial charge on any atom is 0.147 e. The number of allylic oxidation sites excluding steroid dienone is 1. The molecule has 3 nitrogen and oxygen atoms in total. The highest BCUT2D eigenvalue weighted by molar-refractivity contribution is 5.78. The number of hydrogen-bond acceptors (Lipinski definition) is 2. The Morgan fingerprint density at radius 3 is 2.22 bits per heavy atom. The van der Waals surface area contributed by atoms with Crippen molar-refractivity contribution in [3.05, 3.63) is 47.3 Å². The van der Waals surface area contributed by atoms with Crippen LogP contribution in [0.25, 0.3) is 0 Å². The molecule has 0 fully saturated rings. The van der Waals surface area contributed by atoms with Gasteiger partial charge in [0.25, 0.3) is 0 Å². The molecule has 0 saturated carbocycles. The Bertz CT molecular complexity index is 588. The quantitative estimate of drug-likeness (QED) is 0.750. The second-order valence-electron chi connectivity index (χ2n) is 8.41. The van der Waals surface area contributed by atoms with Crippen LogP contribution in [0.5, 0.6) is 0 Å². The second-order valence-corrected chi connectivity index (χ2v) is 8.41. The third kappa shape index (κ3) is 4.93. The fourth-order valence-electron chi connectivity index (χ4n) is 2.98. The molecule has 0 aromatic heterocycles. The molecule has 2 rings (SSSR count). The summed E-state index contributed by atoms with van der Waals surface area (Å²) in [6.07, 6.45) is 5.27. The maximum atomic E-state index is 4.47. The molecule has 1 heterocycles.